The highest BCUT2D eigenvalue weighted by Gasteiger charge is 2.35. The number of ether oxygens (including phenoxy) is 1. The fourth-order valence-corrected chi connectivity index (χ4v) is 2.72. The molecule has 0 amide bonds. The molecule has 0 aliphatic heterocycles. The molecule has 4 nitrogen and oxygen atoms in total. The molecule has 2 aromatic carbocycles. The van der Waals surface area contributed by atoms with Crippen molar-refractivity contribution in [2.45, 2.75) is 32.3 Å². The van der Waals surface area contributed by atoms with Crippen LogP contribution in [0.3, 0.4) is 0 Å². The molecule has 0 spiro atoms. The SMILES string of the molecule is CCCC(C)(Oc1cccc2c1oc1ccccc12)C(=O)O. The number of hydrogen-bond acceptors (Lipinski definition) is 3. The zero-order valence-electron chi connectivity index (χ0n) is 12.6. The van der Waals surface area contributed by atoms with Crippen molar-refractivity contribution >= 4 is 27.9 Å². The lowest BCUT2D eigenvalue weighted by Gasteiger charge is -2.25. The summed E-state index contributed by atoms with van der Waals surface area (Å²) in [4.78, 5) is 11.6. The van der Waals surface area contributed by atoms with Crippen LogP contribution in [0.25, 0.3) is 21.9 Å². The number of carboxylic acids is 1. The lowest BCUT2D eigenvalue weighted by molar-refractivity contribution is -0.154. The van der Waals surface area contributed by atoms with E-state index in [2.05, 4.69) is 0 Å². The topological polar surface area (TPSA) is 59.7 Å². The van der Waals surface area contributed by atoms with Gasteiger partial charge >= 0.3 is 5.97 Å². The van der Waals surface area contributed by atoms with Crippen LogP contribution in [0.1, 0.15) is 26.7 Å². The highest BCUT2D eigenvalue weighted by Crippen LogP contribution is 2.36. The van der Waals surface area contributed by atoms with Gasteiger partial charge in [-0.15, -0.1) is 0 Å². The van der Waals surface area contributed by atoms with E-state index in [-0.39, 0.29) is 0 Å². The highest BCUT2D eigenvalue weighted by molar-refractivity contribution is 6.06. The number of hydrogen-bond donors (Lipinski definition) is 1. The largest absolute Gasteiger partial charge is 0.478 e. The molecule has 4 heteroatoms. The fourth-order valence-electron chi connectivity index (χ4n) is 2.72. The molecule has 3 rings (SSSR count). The van der Waals surface area contributed by atoms with E-state index in [0.29, 0.717) is 17.8 Å². The first-order chi connectivity index (χ1) is 10.5. The number of fused-ring (bicyclic) bond motifs is 3. The minimum absolute atomic E-state index is 0.430. The maximum absolute atomic E-state index is 11.6. The van der Waals surface area contributed by atoms with Gasteiger partial charge in [0.1, 0.15) is 5.58 Å². The molecule has 22 heavy (non-hydrogen) atoms. The molecule has 3 aromatic rings. The molecule has 0 aliphatic rings. The molecule has 1 atom stereocenters. The van der Waals surface area contributed by atoms with Crippen LogP contribution in [-0.4, -0.2) is 16.7 Å². The first-order valence-corrected chi connectivity index (χ1v) is 7.38. The number of furan rings is 1. The molecule has 0 bridgehead atoms. The standard InChI is InChI=1S/C18H18O4/c1-3-11-18(2,17(19)20)22-15-10-6-8-13-12-7-4-5-9-14(12)21-16(13)15/h4-10H,3,11H2,1-2H3,(H,19,20). The maximum atomic E-state index is 11.6. The van der Waals surface area contributed by atoms with Crippen molar-refractivity contribution in [3.05, 3.63) is 42.5 Å². The Morgan fingerprint density at radius 3 is 2.64 bits per heavy atom. The predicted octanol–water partition coefficient (Wildman–Crippen LogP) is 4.61. The second-order valence-corrected chi connectivity index (χ2v) is 5.62. The Labute approximate surface area is 128 Å². The molecular formula is C18H18O4. The molecule has 0 saturated carbocycles. The van der Waals surface area contributed by atoms with E-state index in [0.717, 1.165) is 22.8 Å². The van der Waals surface area contributed by atoms with Gasteiger partial charge in [0.05, 0.1) is 0 Å². The van der Waals surface area contributed by atoms with Gasteiger partial charge in [0.15, 0.2) is 11.3 Å². The number of benzene rings is 2. The van der Waals surface area contributed by atoms with Crippen LogP contribution in [0.15, 0.2) is 46.9 Å². The molecule has 1 aromatic heterocycles. The van der Waals surface area contributed by atoms with E-state index in [4.69, 9.17) is 9.15 Å². The molecular weight excluding hydrogens is 280 g/mol. The molecule has 0 aliphatic carbocycles. The lowest BCUT2D eigenvalue weighted by atomic mass is 10.0. The van der Waals surface area contributed by atoms with E-state index in [1.165, 1.54) is 0 Å². The van der Waals surface area contributed by atoms with Gasteiger partial charge in [0.2, 0.25) is 5.60 Å². The molecule has 0 fully saturated rings. The summed E-state index contributed by atoms with van der Waals surface area (Å²) in [7, 11) is 0. The predicted molar refractivity (Wildman–Crippen MR) is 85.3 cm³/mol. The zero-order valence-corrected chi connectivity index (χ0v) is 12.6. The summed E-state index contributed by atoms with van der Waals surface area (Å²) < 4.78 is 11.7. The monoisotopic (exact) mass is 298 g/mol. The fraction of sp³-hybridized carbons (Fsp3) is 0.278. The summed E-state index contributed by atoms with van der Waals surface area (Å²) in [6.45, 7) is 3.53. The minimum atomic E-state index is -1.26. The summed E-state index contributed by atoms with van der Waals surface area (Å²) in [5.74, 6) is -0.505. The summed E-state index contributed by atoms with van der Waals surface area (Å²) in [6, 6.07) is 13.3. The molecule has 1 N–H and O–H groups in total. The van der Waals surface area contributed by atoms with Crippen molar-refractivity contribution in [2.75, 3.05) is 0 Å². The first-order valence-electron chi connectivity index (χ1n) is 7.38. The molecule has 1 unspecified atom stereocenters. The lowest BCUT2D eigenvalue weighted by Crippen LogP contribution is -2.41. The molecule has 1 heterocycles. The third-order valence-corrected chi connectivity index (χ3v) is 3.88. The van der Waals surface area contributed by atoms with E-state index in [9.17, 15) is 9.90 Å². The maximum Gasteiger partial charge on any atom is 0.347 e. The Kier molecular flexibility index (Phi) is 3.53. The summed E-state index contributed by atoms with van der Waals surface area (Å²) in [6.07, 6.45) is 1.15. The Hall–Kier alpha value is -2.49. The average Bonchev–Trinajstić information content (AvgIpc) is 2.87. The molecule has 0 saturated heterocycles. The van der Waals surface area contributed by atoms with Crippen molar-refractivity contribution in [3.63, 3.8) is 0 Å². The van der Waals surface area contributed by atoms with Crippen LogP contribution in [0, 0.1) is 0 Å². The normalized spacial score (nSPS) is 14.1. The summed E-state index contributed by atoms with van der Waals surface area (Å²) in [5.41, 5.74) is 0.0931. The minimum Gasteiger partial charge on any atom is -0.478 e. The van der Waals surface area contributed by atoms with Crippen LogP contribution in [0.2, 0.25) is 0 Å². The highest BCUT2D eigenvalue weighted by atomic mass is 16.5. The van der Waals surface area contributed by atoms with Gasteiger partial charge in [-0.1, -0.05) is 43.7 Å². The van der Waals surface area contributed by atoms with E-state index >= 15 is 0 Å². The van der Waals surface area contributed by atoms with Gasteiger partial charge in [-0.25, -0.2) is 4.79 Å². The van der Waals surface area contributed by atoms with Crippen molar-refractivity contribution < 1.29 is 19.1 Å². The Morgan fingerprint density at radius 2 is 1.91 bits per heavy atom. The number of rotatable bonds is 5. The second-order valence-electron chi connectivity index (χ2n) is 5.62. The van der Waals surface area contributed by atoms with Crippen LogP contribution < -0.4 is 4.74 Å². The van der Waals surface area contributed by atoms with E-state index in [1.54, 1.807) is 13.0 Å². The third kappa shape index (κ3) is 2.30. The van der Waals surface area contributed by atoms with Gasteiger partial charge in [0, 0.05) is 10.8 Å². The number of carbonyl (C=O) groups is 1. The van der Waals surface area contributed by atoms with Gasteiger partial charge in [-0.3, -0.25) is 0 Å². The smallest absolute Gasteiger partial charge is 0.347 e. The molecule has 0 radical (unpaired) electrons. The van der Waals surface area contributed by atoms with Crippen molar-refractivity contribution in [1.29, 1.82) is 0 Å². The number of aliphatic carboxylic acids is 1. The van der Waals surface area contributed by atoms with Crippen LogP contribution >= 0.6 is 0 Å². The van der Waals surface area contributed by atoms with E-state index < -0.39 is 11.6 Å². The van der Waals surface area contributed by atoms with Gasteiger partial charge in [-0.05, 0) is 25.5 Å². The van der Waals surface area contributed by atoms with E-state index in [1.807, 2.05) is 43.3 Å². The van der Waals surface area contributed by atoms with Crippen molar-refractivity contribution in [3.8, 4) is 5.75 Å². The Bertz CT molecular complexity index is 833. The first kappa shape index (κ1) is 14.4. The summed E-state index contributed by atoms with van der Waals surface area (Å²) >= 11 is 0. The number of para-hydroxylation sites is 2. The van der Waals surface area contributed by atoms with Gasteiger partial charge in [-0.2, -0.15) is 0 Å². The second kappa shape index (κ2) is 5.37. The van der Waals surface area contributed by atoms with Crippen molar-refractivity contribution in [2.24, 2.45) is 0 Å². The molecule has 114 valence electrons. The Balaban J connectivity index is 2.13. The van der Waals surface area contributed by atoms with Gasteiger partial charge in [0.25, 0.3) is 0 Å². The van der Waals surface area contributed by atoms with Crippen molar-refractivity contribution in [1.82, 2.24) is 0 Å². The zero-order chi connectivity index (χ0) is 15.7. The third-order valence-electron chi connectivity index (χ3n) is 3.88. The van der Waals surface area contributed by atoms with Gasteiger partial charge < -0.3 is 14.3 Å². The number of carboxylic acid groups (broad SMARTS) is 1. The van der Waals surface area contributed by atoms with Crippen LogP contribution in [0.4, 0.5) is 0 Å². The average molecular weight is 298 g/mol. The summed E-state index contributed by atoms with van der Waals surface area (Å²) in [5, 5.41) is 11.4. The quantitative estimate of drug-likeness (QED) is 0.747. The van der Waals surface area contributed by atoms with Crippen LogP contribution in [0.5, 0.6) is 5.75 Å². The Morgan fingerprint density at radius 1 is 1.18 bits per heavy atom. The van der Waals surface area contributed by atoms with Crippen LogP contribution in [-0.2, 0) is 4.79 Å².